The first kappa shape index (κ1) is 18.4. The van der Waals surface area contributed by atoms with E-state index < -0.39 is 17.5 Å². The van der Waals surface area contributed by atoms with Crippen molar-refractivity contribution in [2.24, 2.45) is 5.92 Å². The summed E-state index contributed by atoms with van der Waals surface area (Å²) < 4.78 is 0. The third kappa shape index (κ3) is 3.45. The Hall–Kier alpha value is -2.37. The van der Waals surface area contributed by atoms with Crippen molar-refractivity contribution in [1.29, 1.82) is 0 Å². The number of amides is 4. The second-order valence-electron chi connectivity index (χ2n) is 7.92. The number of carbonyl (C=O) groups is 3. The molecule has 4 amide bonds. The van der Waals surface area contributed by atoms with Gasteiger partial charge in [-0.2, -0.15) is 0 Å². The largest absolute Gasteiger partial charge is 0.352 e. The van der Waals surface area contributed by atoms with Gasteiger partial charge in [-0.25, -0.2) is 4.79 Å². The Morgan fingerprint density at radius 3 is 2.38 bits per heavy atom. The second-order valence-corrected chi connectivity index (χ2v) is 7.92. The van der Waals surface area contributed by atoms with E-state index >= 15 is 0 Å². The Kier molecular flexibility index (Phi) is 4.78. The monoisotopic (exact) mass is 357 g/mol. The van der Waals surface area contributed by atoms with Crippen LogP contribution in [0.25, 0.3) is 0 Å². The Balaban J connectivity index is 1.71. The molecular weight excluding hydrogens is 330 g/mol. The fourth-order valence-electron chi connectivity index (χ4n) is 3.39. The highest BCUT2D eigenvalue weighted by Crippen LogP contribution is 2.32. The molecule has 1 saturated heterocycles. The summed E-state index contributed by atoms with van der Waals surface area (Å²) in [7, 11) is 0. The molecule has 0 spiro atoms. The van der Waals surface area contributed by atoms with Gasteiger partial charge in [0.15, 0.2) is 0 Å². The van der Waals surface area contributed by atoms with Gasteiger partial charge in [-0.3, -0.25) is 14.5 Å². The molecule has 2 atom stereocenters. The molecule has 140 valence electrons. The molecule has 3 rings (SSSR count). The summed E-state index contributed by atoms with van der Waals surface area (Å²) in [6, 6.07) is 7.23. The van der Waals surface area contributed by atoms with Crippen molar-refractivity contribution in [1.82, 2.24) is 15.5 Å². The Morgan fingerprint density at radius 1 is 1.23 bits per heavy atom. The molecule has 1 aliphatic carbocycles. The van der Waals surface area contributed by atoms with E-state index in [4.69, 9.17) is 0 Å². The average molecular weight is 357 g/mol. The molecule has 26 heavy (non-hydrogen) atoms. The van der Waals surface area contributed by atoms with E-state index in [1.807, 2.05) is 31.2 Å². The first-order valence-electron chi connectivity index (χ1n) is 9.26. The highest BCUT2D eigenvalue weighted by Gasteiger charge is 2.49. The van der Waals surface area contributed by atoms with E-state index in [2.05, 4.69) is 24.5 Å². The number of hydrogen-bond donors (Lipinski definition) is 2. The number of hydrogen-bond acceptors (Lipinski definition) is 3. The molecule has 1 heterocycles. The maximum absolute atomic E-state index is 12.9. The lowest BCUT2D eigenvalue weighted by Crippen LogP contribution is -2.45. The standard InChI is InChI=1S/C20H27N3O3/c1-12(2)14-7-9-16(10-8-14)20(4)18(25)23(19(26)22-20)11-17(24)21-13(3)15-5-6-15/h7-10,12-13,15H,5-6,11H2,1-4H3,(H,21,24)(H,22,26)/t13-,20-/m1/s1. The predicted molar refractivity (Wildman–Crippen MR) is 98.5 cm³/mol. The normalized spacial score (nSPS) is 24.0. The maximum atomic E-state index is 12.9. The summed E-state index contributed by atoms with van der Waals surface area (Å²) >= 11 is 0. The van der Waals surface area contributed by atoms with Crippen LogP contribution in [0.1, 0.15) is 57.6 Å². The predicted octanol–water partition coefficient (Wildman–Crippen LogP) is 2.49. The highest BCUT2D eigenvalue weighted by atomic mass is 16.2. The zero-order valence-electron chi connectivity index (χ0n) is 15.8. The molecule has 0 radical (unpaired) electrons. The van der Waals surface area contributed by atoms with Crippen LogP contribution in [0.15, 0.2) is 24.3 Å². The van der Waals surface area contributed by atoms with Gasteiger partial charge in [0.1, 0.15) is 12.1 Å². The van der Waals surface area contributed by atoms with Gasteiger partial charge >= 0.3 is 6.03 Å². The minimum atomic E-state index is -1.14. The lowest BCUT2D eigenvalue weighted by molar-refractivity contribution is -0.135. The highest BCUT2D eigenvalue weighted by molar-refractivity contribution is 6.09. The Bertz CT molecular complexity index is 724. The van der Waals surface area contributed by atoms with Crippen LogP contribution < -0.4 is 10.6 Å². The van der Waals surface area contributed by atoms with Gasteiger partial charge in [-0.15, -0.1) is 0 Å². The second kappa shape index (κ2) is 6.74. The Morgan fingerprint density at radius 2 is 1.85 bits per heavy atom. The molecule has 1 saturated carbocycles. The number of nitrogens with one attached hydrogen (secondary N) is 2. The third-order valence-corrected chi connectivity index (χ3v) is 5.45. The van der Waals surface area contributed by atoms with Crippen molar-refractivity contribution in [3.8, 4) is 0 Å². The summed E-state index contributed by atoms with van der Waals surface area (Å²) in [4.78, 5) is 38.4. The van der Waals surface area contributed by atoms with Crippen LogP contribution >= 0.6 is 0 Å². The van der Waals surface area contributed by atoms with Crippen molar-refractivity contribution < 1.29 is 14.4 Å². The number of imide groups is 1. The summed E-state index contributed by atoms with van der Waals surface area (Å²) in [5, 5.41) is 5.63. The third-order valence-electron chi connectivity index (χ3n) is 5.45. The molecule has 1 aliphatic heterocycles. The fraction of sp³-hybridized carbons (Fsp3) is 0.550. The number of rotatable bonds is 6. The average Bonchev–Trinajstić information content (AvgIpc) is 3.41. The number of benzene rings is 1. The van der Waals surface area contributed by atoms with E-state index in [-0.39, 0.29) is 18.5 Å². The van der Waals surface area contributed by atoms with Crippen LogP contribution in [-0.2, 0) is 15.1 Å². The SMILES string of the molecule is CC(C)c1ccc([C@@]2(C)NC(=O)N(CC(=O)N[C@H](C)C3CC3)C2=O)cc1. The molecule has 2 fully saturated rings. The maximum Gasteiger partial charge on any atom is 0.325 e. The fourth-order valence-corrected chi connectivity index (χ4v) is 3.39. The van der Waals surface area contributed by atoms with Crippen molar-refractivity contribution in [2.45, 2.75) is 58.0 Å². The summed E-state index contributed by atoms with van der Waals surface area (Å²) in [6.07, 6.45) is 2.24. The van der Waals surface area contributed by atoms with Crippen LogP contribution in [0.2, 0.25) is 0 Å². The molecule has 2 aliphatic rings. The van der Waals surface area contributed by atoms with Gasteiger partial charge in [0.25, 0.3) is 5.91 Å². The molecule has 0 bridgehead atoms. The van der Waals surface area contributed by atoms with Crippen LogP contribution in [0.3, 0.4) is 0 Å². The van der Waals surface area contributed by atoms with Gasteiger partial charge in [-0.05, 0) is 49.7 Å². The minimum absolute atomic E-state index is 0.0817. The lowest BCUT2D eigenvalue weighted by Gasteiger charge is -2.23. The number of carbonyl (C=O) groups excluding carboxylic acids is 3. The van der Waals surface area contributed by atoms with Gasteiger partial charge in [0.05, 0.1) is 0 Å². The topological polar surface area (TPSA) is 78.5 Å². The van der Waals surface area contributed by atoms with E-state index in [9.17, 15) is 14.4 Å². The van der Waals surface area contributed by atoms with E-state index in [1.165, 1.54) is 5.56 Å². The first-order valence-corrected chi connectivity index (χ1v) is 9.26. The molecule has 1 aromatic carbocycles. The van der Waals surface area contributed by atoms with Gasteiger partial charge in [0.2, 0.25) is 5.91 Å². The van der Waals surface area contributed by atoms with Crippen LogP contribution in [-0.4, -0.2) is 35.3 Å². The lowest BCUT2D eigenvalue weighted by atomic mass is 9.90. The van der Waals surface area contributed by atoms with Crippen LogP contribution in [0.4, 0.5) is 4.79 Å². The molecular formula is C20H27N3O3. The summed E-state index contributed by atoms with van der Waals surface area (Å²) in [5.74, 6) is 0.215. The molecule has 6 heteroatoms. The first-order chi connectivity index (χ1) is 12.2. The zero-order chi connectivity index (χ0) is 19.1. The smallest absolute Gasteiger partial charge is 0.325 e. The summed E-state index contributed by atoms with van der Waals surface area (Å²) in [5.41, 5.74) is 0.739. The van der Waals surface area contributed by atoms with Crippen LogP contribution in [0.5, 0.6) is 0 Å². The zero-order valence-corrected chi connectivity index (χ0v) is 15.8. The molecule has 1 aromatic rings. The summed E-state index contributed by atoms with van der Waals surface area (Å²) in [6.45, 7) is 7.59. The minimum Gasteiger partial charge on any atom is -0.352 e. The number of nitrogens with zero attached hydrogens (tertiary/aromatic N) is 1. The van der Waals surface area contributed by atoms with Crippen LogP contribution in [0, 0.1) is 5.92 Å². The van der Waals surface area contributed by atoms with Crippen molar-refractivity contribution in [3.05, 3.63) is 35.4 Å². The van der Waals surface area contributed by atoms with Crippen molar-refractivity contribution in [2.75, 3.05) is 6.54 Å². The van der Waals surface area contributed by atoms with Gasteiger partial charge in [0, 0.05) is 6.04 Å². The van der Waals surface area contributed by atoms with Crippen molar-refractivity contribution in [3.63, 3.8) is 0 Å². The quantitative estimate of drug-likeness (QED) is 0.768. The Labute approximate surface area is 154 Å². The van der Waals surface area contributed by atoms with Crippen molar-refractivity contribution >= 4 is 17.8 Å². The molecule has 0 unspecified atom stereocenters. The van der Waals surface area contributed by atoms with E-state index in [1.54, 1.807) is 6.92 Å². The van der Waals surface area contributed by atoms with Gasteiger partial charge < -0.3 is 10.6 Å². The molecule has 0 aromatic heterocycles. The van der Waals surface area contributed by atoms with E-state index in [0.717, 1.165) is 23.3 Å². The van der Waals surface area contributed by atoms with E-state index in [0.29, 0.717) is 11.8 Å². The number of urea groups is 1. The van der Waals surface area contributed by atoms with Gasteiger partial charge in [-0.1, -0.05) is 38.1 Å². The molecule has 6 nitrogen and oxygen atoms in total. The molecule has 2 N–H and O–H groups in total.